The molecule has 0 aliphatic heterocycles. The van der Waals surface area contributed by atoms with E-state index in [-0.39, 0.29) is 98.7 Å². The number of benzene rings is 9. The van der Waals surface area contributed by atoms with Gasteiger partial charge in [-0.15, -0.1) is 0 Å². The zero-order chi connectivity index (χ0) is 107. The van der Waals surface area contributed by atoms with Gasteiger partial charge in [0.15, 0.2) is 29.2 Å². The maximum atomic E-state index is 14.9. The van der Waals surface area contributed by atoms with Gasteiger partial charge < -0.3 is 56.8 Å². The van der Waals surface area contributed by atoms with E-state index < -0.39 is 137 Å². The summed E-state index contributed by atoms with van der Waals surface area (Å²) in [4.78, 5) is 76.2. The average Bonchev–Trinajstić information content (AvgIpc) is 1.08. The van der Waals surface area contributed by atoms with Crippen molar-refractivity contribution in [3.8, 4) is 67.9 Å². The van der Waals surface area contributed by atoms with Crippen LogP contribution in [0.4, 0.5) is 57.1 Å². The second-order valence-electron chi connectivity index (χ2n) is 37.1. The van der Waals surface area contributed by atoms with Crippen LogP contribution in [-0.4, -0.2) is 131 Å². The molecule has 5 atom stereocenters. The predicted octanol–water partition coefficient (Wildman–Crippen LogP) is 32.4. The van der Waals surface area contributed by atoms with E-state index in [1.165, 1.54) is 203 Å². The van der Waals surface area contributed by atoms with E-state index in [9.17, 15) is 85.8 Å². The molecule has 0 aromatic heterocycles. The maximum Gasteiger partial charge on any atom is 0.430 e. The molecule has 0 heterocycles. The van der Waals surface area contributed by atoms with Crippen molar-refractivity contribution in [2.75, 3.05) is 46.8 Å². The highest BCUT2D eigenvalue weighted by molar-refractivity contribution is 5.95. The molecule has 5 unspecified atom stereocenters. The number of esters is 6. The number of rotatable bonds is 57. The third-order valence-corrected chi connectivity index (χ3v) is 25.9. The van der Waals surface area contributed by atoms with Crippen molar-refractivity contribution in [3.63, 3.8) is 0 Å². The van der Waals surface area contributed by atoms with Crippen LogP contribution in [0.25, 0.3) is 33.4 Å². The lowest BCUT2D eigenvalue weighted by Crippen LogP contribution is -2.59. The number of carbonyl (C=O) groups excluding carboxylic acids is 6. The number of carbonyl (C=O) groups is 6. The Morgan fingerprint density at radius 1 is 0.311 bits per heavy atom. The second kappa shape index (κ2) is 62.0. The number of hydrogen-bond donors (Lipinski definition) is 0. The Bertz CT molecular complexity index is 5500. The van der Waals surface area contributed by atoms with E-state index in [4.69, 9.17) is 52.1 Å². The number of alkyl halides is 9. The summed E-state index contributed by atoms with van der Waals surface area (Å²) in [7, 11) is 1.38. The first-order valence-corrected chi connectivity index (χ1v) is 52.0. The Labute approximate surface area is 859 Å². The van der Waals surface area contributed by atoms with Gasteiger partial charge in [0.05, 0.1) is 53.2 Å². The second-order valence-corrected chi connectivity index (χ2v) is 37.1. The minimum atomic E-state index is -4.93. The normalized spacial score (nSPS) is 15.8. The van der Waals surface area contributed by atoms with E-state index in [2.05, 4.69) is 25.5 Å². The molecule has 9 aromatic carbocycles. The monoisotopic (exact) mass is 2080 g/mol. The van der Waals surface area contributed by atoms with Gasteiger partial charge in [-0.3, -0.25) is 0 Å². The van der Waals surface area contributed by atoms with Gasteiger partial charge in [0.2, 0.25) is 11.2 Å². The standard InChI is InChI=1S/C40H49F3O6.C39H46F4O6.C38H44F6O6/c1-3-5-6-7-8-9-10-11-14-29-47-34-24-20-31(21-25-34)30-16-18-32(19-17-30)37(44)48-35-26-22-33(23-27-35)38(45)49-39(40(41,42)43)28-13-12-15-36(39)46-4-2;1-3-5-6-7-8-9-10-11-12-26-47-31-21-19-29(20-22-31)28-15-17-30(18-16-28)36(44)48-32-23-24-33(34(40)27-32)37(45)49-38(39(41,42)43)25-13-14-35(38)46-4-2;1-3-4-5-6-7-8-9-10-12-22-48-33-20-19-28(23-31(33)40)26-15-17-27(18-16-26)36(45)49-34-25-30(39)29(24-32(34)41)37(46)50-35(38(42,43)44)14-11-13-21-47-2/h16-27,36H,3-15,28-29H2,1-2H3;15-24,27,35H,3-14,25-26H2,1-2H3;15-20,23-25,35H,3-14,21-22H2,1-2H3. The summed E-state index contributed by atoms with van der Waals surface area (Å²) in [6, 6.07) is 48.1. The molecule has 806 valence electrons. The Balaban J connectivity index is 0.000000247. The highest BCUT2D eigenvalue weighted by atomic mass is 19.4. The van der Waals surface area contributed by atoms with Crippen LogP contribution >= 0.6 is 0 Å². The molecule has 31 heteroatoms. The molecule has 2 aliphatic carbocycles. The number of methoxy groups -OCH3 is 1. The summed E-state index contributed by atoms with van der Waals surface area (Å²) in [6.45, 7) is 11.9. The van der Waals surface area contributed by atoms with E-state index in [0.717, 1.165) is 90.5 Å². The fourth-order valence-electron chi connectivity index (χ4n) is 17.5. The largest absolute Gasteiger partial charge is 0.494 e. The number of hydrogen-bond acceptors (Lipinski definition) is 18. The predicted molar refractivity (Wildman–Crippen MR) is 540 cm³/mol. The number of unbranched alkanes of at least 4 members (excludes halogenated alkanes) is 25. The lowest BCUT2D eigenvalue weighted by Gasteiger charge is -2.43. The summed E-state index contributed by atoms with van der Waals surface area (Å²) in [6.07, 6.45) is 13.4. The van der Waals surface area contributed by atoms with Crippen LogP contribution in [0.1, 0.15) is 334 Å². The molecule has 2 saturated carbocycles. The van der Waals surface area contributed by atoms with Crippen molar-refractivity contribution < 1.29 is 143 Å². The summed E-state index contributed by atoms with van der Waals surface area (Å²) in [5.41, 5.74) is -2.25. The minimum Gasteiger partial charge on any atom is -0.494 e. The van der Waals surface area contributed by atoms with Gasteiger partial charge in [-0.25, -0.2) is 46.3 Å². The molecule has 0 amide bonds. The third-order valence-electron chi connectivity index (χ3n) is 25.9. The molecule has 18 nitrogen and oxygen atoms in total. The number of ether oxygens (including phenoxy) is 12. The van der Waals surface area contributed by atoms with Crippen molar-refractivity contribution in [2.24, 2.45) is 0 Å². The van der Waals surface area contributed by atoms with Gasteiger partial charge in [0, 0.05) is 39.1 Å². The van der Waals surface area contributed by atoms with Crippen LogP contribution in [-0.2, 0) is 28.4 Å². The van der Waals surface area contributed by atoms with E-state index in [0.29, 0.717) is 55.1 Å². The summed E-state index contributed by atoms with van der Waals surface area (Å²) >= 11 is 0. The molecule has 0 bridgehead atoms. The summed E-state index contributed by atoms with van der Waals surface area (Å²) in [5, 5.41) is 0. The molecule has 148 heavy (non-hydrogen) atoms. The first-order chi connectivity index (χ1) is 71.2. The molecule has 0 spiro atoms. The van der Waals surface area contributed by atoms with Crippen LogP contribution in [0, 0.1) is 23.3 Å². The Morgan fingerprint density at radius 3 is 1.09 bits per heavy atom. The molecule has 9 aromatic rings. The molecule has 0 radical (unpaired) electrons. The molecular weight excluding hydrogens is 1940 g/mol. The first kappa shape index (κ1) is 120. The van der Waals surface area contributed by atoms with Crippen molar-refractivity contribution in [3.05, 3.63) is 251 Å². The van der Waals surface area contributed by atoms with Gasteiger partial charge in [0.25, 0.3) is 0 Å². The Hall–Kier alpha value is -11.8. The van der Waals surface area contributed by atoms with E-state index >= 15 is 0 Å². The van der Waals surface area contributed by atoms with Crippen LogP contribution < -0.4 is 28.4 Å². The van der Waals surface area contributed by atoms with Crippen LogP contribution in [0.3, 0.4) is 0 Å². The summed E-state index contributed by atoms with van der Waals surface area (Å²) < 4.78 is 247. The van der Waals surface area contributed by atoms with Crippen LogP contribution in [0.5, 0.6) is 34.5 Å². The first-order valence-electron chi connectivity index (χ1n) is 52.0. The van der Waals surface area contributed by atoms with Crippen LogP contribution in [0.15, 0.2) is 194 Å². The van der Waals surface area contributed by atoms with Crippen molar-refractivity contribution in [2.45, 2.75) is 320 Å². The molecule has 2 fully saturated rings. The Kier molecular flexibility index (Phi) is 50.1. The molecule has 11 rings (SSSR count). The van der Waals surface area contributed by atoms with Gasteiger partial charge in [0.1, 0.15) is 46.8 Å². The zero-order valence-electron chi connectivity index (χ0n) is 85.4. The smallest absolute Gasteiger partial charge is 0.430 e. The van der Waals surface area contributed by atoms with E-state index in [1.807, 2.05) is 60.7 Å². The SMILES string of the molecule is CCCCCCCCCCCOc1ccc(-c2ccc(C(=O)Oc3cc(F)c(C(=O)OC(CCCCOC)C(F)(F)F)cc3F)cc2)cc1F.CCCCCCCCCCCOc1ccc(-c2ccc(C(=O)Oc3ccc(C(=O)OC4(C(F)(F)F)CCCC4OCC)c(F)c3)cc2)cc1.CCCCCCCCCCCOc1ccc(-c2ccc(C(=O)Oc3ccc(C(=O)OC4(C(F)(F)F)CCCCC4OCC)cc3)cc2)cc1. The third kappa shape index (κ3) is 37.7. The van der Waals surface area contributed by atoms with Gasteiger partial charge in [-0.1, -0.05) is 248 Å². The quantitative estimate of drug-likeness (QED) is 0.0114. The highest BCUT2D eigenvalue weighted by Crippen LogP contribution is 2.50. The fraction of sp³-hybridized carbons (Fsp3) is 0.487. The molecule has 0 N–H and O–H groups in total. The average molecular weight is 2080 g/mol. The molecular formula is C117H139F13O18. The van der Waals surface area contributed by atoms with E-state index in [1.54, 1.807) is 56.3 Å². The van der Waals surface area contributed by atoms with Gasteiger partial charge in [-0.05, 0) is 240 Å². The summed E-state index contributed by atoms with van der Waals surface area (Å²) in [5.74, 6) is -10.5. The van der Waals surface area contributed by atoms with Gasteiger partial charge in [-0.2, -0.15) is 39.5 Å². The number of halogens is 13. The topological polar surface area (TPSA) is 213 Å². The van der Waals surface area contributed by atoms with Crippen molar-refractivity contribution >= 4 is 35.8 Å². The highest BCUT2D eigenvalue weighted by Gasteiger charge is 2.66. The van der Waals surface area contributed by atoms with Crippen molar-refractivity contribution in [1.82, 2.24) is 0 Å². The minimum absolute atomic E-state index is 0.000763. The van der Waals surface area contributed by atoms with Gasteiger partial charge >= 0.3 is 54.3 Å². The lowest BCUT2D eigenvalue weighted by molar-refractivity contribution is -0.303. The zero-order valence-corrected chi connectivity index (χ0v) is 85.4. The lowest BCUT2D eigenvalue weighted by atomic mass is 9.81. The fourth-order valence-corrected chi connectivity index (χ4v) is 17.5. The molecule has 0 saturated heterocycles. The molecule has 2 aliphatic rings. The maximum absolute atomic E-state index is 14.9. The van der Waals surface area contributed by atoms with Crippen molar-refractivity contribution in [1.29, 1.82) is 0 Å². The Morgan fingerprint density at radius 2 is 0.662 bits per heavy atom. The van der Waals surface area contributed by atoms with Crippen LogP contribution in [0.2, 0.25) is 0 Å².